The van der Waals surface area contributed by atoms with E-state index < -0.39 is 6.10 Å². The van der Waals surface area contributed by atoms with Crippen LogP contribution >= 0.6 is 0 Å². The van der Waals surface area contributed by atoms with E-state index in [0.717, 1.165) is 0 Å². The fourth-order valence-electron chi connectivity index (χ4n) is 0.802. The van der Waals surface area contributed by atoms with Gasteiger partial charge in [0, 0.05) is 0 Å². The molecular formula is C7H11N3O2. The molecule has 0 bridgehead atoms. The molecule has 0 amide bonds. The Kier molecular flexibility index (Phi) is 2.93. The molecule has 0 saturated carbocycles. The van der Waals surface area contributed by atoms with Crippen LogP contribution < -0.4 is 0 Å². The Morgan fingerprint density at radius 2 is 2.58 bits per heavy atom. The number of aliphatic hydroxyl groups excluding tert-OH is 1. The van der Waals surface area contributed by atoms with Crippen molar-refractivity contribution >= 4 is 6.29 Å². The number of aldehydes is 1. The third-order valence-corrected chi connectivity index (χ3v) is 1.55. The van der Waals surface area contributed by atoms with Crippen LogP contribution in [0.5, 0.6) is 0 Å². The molecule has 0 aliphatic heterocycles. The zero-order valence-corrected chi connectivity index (χ0v) is 6.84. The molecule has 1 rings (SSSR count). The maximum absolute atomic E-state index is 10.2. The number of aromatic nitrogens is 3. The molecule has 12 heavy (non-hydrogen) atoms. The van der Waals surface area contributed by atoms with Gasteiger partial charge in [-0.2, -0.15) is 0 Å². The number of carbonyl (C=O) groups is 1. The normalized spacial score (nSPS) is 12.8. The number of nitrogens with zero attached hydrogens (tertiary/aromatic N) is 3. The van der Waals surface area contributed by atoms with E-state index in [2.05, 4.69) is 10.3 Å². The number of rotatable bonds is 4. The summed E-state index contributed by atoms with van der Waals surface area (Å²) in [7, 11) is 0. The smallest absolute Gasteiger partial charge is 0.171 e. The first kappa shape index (κ1) is 8.86. The predicted molar refractivity (Wildman–Crippen MR) is 41.7 cm³/mol. The number of hydrogen-bond donors (Lipinski definition) is 1. The standard InChI is InChI=1S/C7H11N3O2/c1-2-7(12)4-10-3-6(5-11)8-9-10/h3,5,7,12H,2,4H2,1H3/t7-/m0/s1. The summed E-state index contributed by atoms with van der Waals surface area (Å²) in [6.45, 7) is 2.26. The van der Waals surface area contributed by atoms with Crippen molar-refractivity contribution in [1.82, 2.24) is 15.0 Å². The number of carbonyl (C=O) groups excluding carboxylic acids is 1. The molecule has 1 atom stereocenters. The maximum atomic E-state index is 10.2. The summed E-state index contributed by atoms with van der Waals surface area (Å²) >= 11 is 0. The molecule has 0 aromatic carbocycles. The summed E-state index contributed by atoms with van der Waals surface area (Å²) in [6.07, 6.45) is 2.37. The minimum Gasteiger partial charge on any atom is -0.391 e. The zero-order chi connectivity index (χ0) is 8.97. The summed E-state index contributed by atoms with van der Waals surface area (Å²) in [5.41, 5.74) is 0.290. The topological polar surface area (TPSA) is 68.0 Å². The van der Waals surface area contributed by atoms with Crippen molar-refractivity contribution in [3.8, 4) is 0 Å². The van der Waals surface area contributed by atoms with Crippen molar-refractivity contribution in [3.63, 3.8) is 0 Å². The highest BCUT2D eigenvalue weighted by molar-refractivity contribution is 5.70. The first-order valence-electron chi connectivity index (χ1n) is 3.79. The lowest BCUT2D eigenvalue weighted by Gasteiger charge is -2.05. The largest absolute Gasteiger partial charge is 0.391 e. The SMILES string of the molecule is CC[C@H](O)Cn1cc(C=O)nn1. The summed E-state index contributed by atoms with van der Waals surface area (Å²) < 4.78 is 1.46. The maximum Gasteiger partial charge on any atom is 0.171 e. The molecule has 0 fully saturated rings. The molecule has 1 aromatic heterocycles. The molecule has 5 heteroatoms. The second-order valence-electron chi connectivity index (χ2n) is 2.55. The zero-order valence-electron chi connectivity index (χ0n) is 6.84. The third-order valence-electron chi connectivity index (χ3n) is 1.55. The van der Waals surface area contributed by atoms with Gasteiger partial charge in [0.2, 0.25) is 0 Å². The van der Waals surface area contributed by atoms with E-state index in [9.17, 15) is 9.90 Å². The molecular weight excluding hydrogens is 158 g/mol. The van der Waals surface area contributed by atoms with E-state index in [0.29, 0.717) is 24.9 Å². The van der Waals surface area contributed by atoms with Gasteiger partial charge in [-0.25, -0.2) is 4.68 Å². The van der Waals surface area contributed by atoms with Crippen molar-refractivity contribution in [1.29, 1.82) is 0 Å². The first-order chi connectivity index (χ1) is 5.76. The van der Waals surface area contributed by atoms with E-state index in [1.807, 2.05) is 6.92 Å². The van der Waals surface area contributed by atoms with Crippen molar-refractivity contribution in [2.24, 2.45) is 0 Å². The second-order valence-corrected chi connectivity index (χ2v) is 2.55. The van der Waals surface area contributed by atoms with E-state index in [4.69, 9.17) is 0 Å². The fourth-order valence-corrected chi connectivity index (χ4v) is 0.802. The molecule has 1 aromatic rings. The van der Waals surface area contributed by atoms with Crippen LogP contribution in [0, 0.1) is 0 Å². The van der Waals surface area contributed by atoms with Crippen LogP contribution in [0.1, 0.15) is 23.8 Å². The van der Waals surface area contributed by atoms with Gasteiger partial charge in [0.15, 0.2) is 6.29 Å². The molecule has 0 saturated heterocycles. The molecule has 66 valence electrons. The minimum atomic E-state index is -0.425. The highest BCUT2D eigenvalue weighted by Crippen LogP contribution is 1.95. The summed E-state index contributed by atoms with van der Waals surface area (Å²) in [5.74, 6) is 0. The van der Waals surface area contributed by atoms with Crippen LogP contribution in [0.3, 0.4) is 0 Å². The van der Waals surface area contributed by atoms with Crippen molar-refractivity contribution in [2.75, 3.05) is 0 Å². The van der Waals surface area contributed by atoms with Gasteiger partial charge in [-0.3, -0.25) is 4.79 Å². The van der Waals surface area contributed by atoms with Gasteiger partial charge >= 0.3 is 0 Å². The summed E-state index contributed by atoms with van der Waals surface area (Å²) in [6, 6.07) is 0. The van der Waals surface area contributed by atoms with Crippen LogP contribution in [0.2, 0.25) is 0 Å². The molecule has 0 radical (unpaired) electrons. The van der Waals surface area contributed by atoms with Gasteiger partial charge in [0.1, 0.15) is 5.69 Å². The molecule has 5 nitrogen and oxygen atoms in total. The molecule has 0 spiro atoms. The Balaban J connectivity index is 2.57. The summed E-state index contributed by atoms with van der Waals surface area (Å²) in [4.78, 5) is 10.2. The Hall–Kier alpha value is -1.23. The van der Waals surface area contributed by atoms with Crippen LogP contribution in [-0.4, -0.2) is 32.5 Å². The molecule has 1 heterocycles. The predicted octanol–water partition coefficient (Wildman–Crippen LogP) is -0.139. The van der Waals surface area contributed by atoms with Crippen molar-refractivity contribution < 1.29 is 9.90 Å². The lowest BCUT2D eigenvalue weighted by Crippen LogP contribution is -2.15. The Morgan fingerprint density at radius 1 is 1.83 bits per heavy atom. The summed E-state index contributed by atoms with van der Waals surface area (Å²) in [5, 5.41) is 16.4. The van der Waals surface area contributed by atoms with E-state index in [1.54, 1.807) is 0 Å². The highest BCUT2D eigenvalue weighted by Gasteiger charge is 2.04. The molecule has 1 N–H and O–H groups in total. The van der Waals surface area contributed by atoms with Crippen LogP contribution in [0.4, 0.5) is 0 Å². The minimum absolute atomic E-state index is 0.290. The highest BCUT2D eigenvalue weighted by atomic mass is 16.3. The van der Waals surface area contributed by atoms with Gasteiger partial charge in [-0.15, -0.1) is 5.10 Å². The van der Waals surface area contributed by atoms with E-state index in [-0.39, 0.29) is 0 Å². The number of aliphatic hydroxyl groups is 1. The van der Waals surface area contributed by atoms with Gasteiger partial charge in [0.25, 0.3) is 0 Å². The van der Waals surface area contributed by atoms with Gasteiger partial charge < -0.3 is 5.11 Å². The molecule has 0 unspecified atom stereocenters. The van der Waals surface area contributed by atoms with Crippen LogP contribution in [0.25, 0.3) is 0 Å². The average molecular weight is 169 g/mol. The Morgan fingerprint density at radius 3 is 3.08 bits per heavy atom. The second kappa shape index (κ2) is 3.96. The van der Waals surface area contributed by atoms with Crippen LogP contribution in [0.15, 0.2) is 6.20 Å². The lowest BCUT2D eigenvalue weighted by atomic mass is 10.3. The van der Waals surface area contributed by atoms with E-state index in [1.165, 1.54) is 10.9 Å². The average Bonchev–Trinajstić information content (AvgIpc) is 2.52. The third kappa shape index (κ3) is 2.13. The van der Waals surface area contributed by atoms with E-state index >= 15 is 0 Å². The number of hydrogen-bond acceptors (Lipinski definition) is 4. The van der Waals surface area contributed by atoms with Gasteiger partial charge in [0.05, 0.1) is 18.8 Å². The first-order valence-corrected chi connectivity index (χ1v) is 3.79. The van der Waals surface area contributed by atoms with Gasteiger partial charge in [-0.1, -0.05) is 12.1 Å². The van der Waals surface area contributed by atoms with Crippen molar-refractivity contribution in [3.05, 3.63) is 11.9 Å². The fraction of sp³-hybridized carbons (Fsp3) is 0.571. The lowest BCUT2D eigenvalue weighted by molar-refractivity contribution is 0.111. The molecule has 0 aliphatic carbocycles. The van der Waals surface area contributed by atoms with Crippen LogP contribution in [-0.2, 0) is 6.54 Å². The molecule has 0 aliphatic rings. The van der Waals surface area contributed by atoms with Gasteiger partial charge in [-0.05, 0) is 6.42 Å². The monoisotopic (exact) mass is 169 g/mol. The Bertz CT molecular complexity index is 259. The van der Waals surface area contributed by atoms with Crippen molar-refractivity contribution in [2.45, 2.75) is 26.0 Å². The Labute approximate surface area is 70.0 Å². The quantitative estimate of drug-likeness (QED) is 0.637.